The second kappa shape index (κ2) is 6.11. The standard InChI is InChI=1S/C18H27NS/c1-12-9-13(2)18(17(10-12)19-3)20-16-8-7-14-5-4-6-15(14)11-16/h7-8,11-13,17-19H,4-6,9-10H2,1-3H3. The van der Waals surface area contributed by atoms with Crippen molar-refractivity contribution in [2.24, 2.45) is 11.8 Å². The molecule has 1 N–H and O–H groups in total. The van der Waals surface area contributed by atoms with Crippen molar-refractivity contribution in [3.63, 3.8) is 0 Å². The van der Waals surface area contributed by atoms with Crippen LogP contribution in [0.4, 0.5) is 0 Å². The number of hydrogen-bond donors (Lipinski definition) is 1. The summed E-state index contributed by atoms with van der Waals surface area (Å²) in [5.74, 6) is 1.66. The summed E-state index contributed by atoms with van der Waals surface area (Å²) >= 11 is 2.11. The number of fused-ring (bicyclic) bond motifs is 1. The monoisotopic (exact) mass is 289 g/mol. The van der Waals surface area contributed by atoms with E-state index in [9.17, 15) is 0 Å². The Kier molecular flexibility index (Phi) is 4.42. The molecule has 2 heteroatoms. The summed E-state index contributed by atoms with van der Waals surface area (Å²) in [4.78, 5) is 1.48. The van der Waals surface area contributed by atoms with Gasteiger partial charge in [0.05, 0.1) is 0 Å². The maximum Gasteiger partial charge on any atom is 0.0274 e. The molecule has 2 aliphatic carbocycles. The molecule has 0 aromatic heterocycles. The molecular weight excluding hydrogens is 262 g/mol. The van der Waals surface area contributed by atoms with Gasteiger partial charge in [-0.3, -0.25) is 0 Å². The molecule has 0 bridgehead atoms. The summed E-state index contributed by atoms with van der Waals surface area (Å²) in [6.07, 6.45) is 6.62. The first-order valence-corrected chi connectivity index (χ1v) is 9.01. The smallest absolute Gasteiger partial charge is 0.0274 e. The molecule has 0 spiro atoms. The second-order valence-electron chi connectivity index (χ2n) is 6.82. The van der Waals surface area contributed by atoms with E-state index in [0.29, 0.717) is 6.04 Å². The van der Waals surface area contributed by atoms with Gasteiger partial charge in [0.25, 0.3) is 0 Å². The maximum absolute atomic E-state index is 3.57. The third-order valence-electron chi connectivity index (χ3n) is 5.10. The zero-order valence-corrected chi connectivity index (χ0v) is 13.8. The summed E-state index contributed by atoms with van der Waals surface area (Å²) in [6, 6.07) is 7.85. The van der Waals surface area contributed by atoms with Gasteiger partial charge in [-0.2, -0.15) is 0 Å². The van der Waals surface area contributed by atoms with E-state index in [1.54, 1.807) is 11.1 Å². The van der Waals surface area contributed by atoms with Crippen LogP contribution in [0, 0.1) is 11.8 Å². The second-order valence-corrected chi connectivity index (χ2v) is 8.07. The largest absolute Gasteiger partial charge is 0.316 e. The Morgan fingerprint density at radius 1 is 1.10 bits per heavy atom. The first-order valence-electron chi connectivity index (χ1n) is 8.13. The van der Waals surface area contributed by atoms with E-state index in [2.05, 4.69) is 56.2 Å². The average Bonchev–Trinajstić information content (AvgIpc) is 2.89. The van der Waals surface area contributed by atoms with Gasteiger partial charge < -0.3 is 5.32 Å². The summed E-state index contributed by atoms with van der Waals surface area (Å²) in [5, 5.41) is 4.28. The third kappa shape index (κ3) is 2.92. The van der Waals surface area contributed by atoms with Gasteiger partial charge >= 0.3 is 0 Å². The van der Waals surface area contributed by atoms with Crippen molar-refractivity contribution in [2.75, 3.05) is 7.05 Å². The van der Waals surface area contributed by atoms with Crippen molar-refractivity contribution < 1.29 is 0 Å². The molecule has 1 aromatic carbocycles. The van der Waals surface area contributed by atoms with Gasteiger partial charge in [0.1, 0.15) is 0 Å². The van der Waals surface area contributed by atoms with Crippen LogP contribution in [-0.2, 0) is 12.8 Å². The van der Waals surface area contributed by atoms with E-state index >= 15 is 0 Å². The molecular formula is C18H27NS. The molecule has 1 saturated carbocycles. The minimum atomic E-state index is 0.659. The number of rotatable bonds is 3. The van der Waals surface area contributed by atoms with Gasteiger partial charge in [0.15, 0.2) is 0 Å². The molecule has 4 unspecified atom stereocenters. The zero-order chi connectivity index (χ0) is 14.1. The SMILES string of the molecule is CNC1CC(C)CC(C)C1Sc1ccc2c(c1)CCC2. The summed E-state index contributed by atoms with van der Waals surface area (Å²) < 4.78 is 0. The molecule has 2 aliphatic rings. The minimum Gasteiger partial charge on any atom is -0.316 e. The van der Waals surface area contributed by atoms with Gasteiger partial charge in [0, 0.05) is 16.2 Å². The zero-order valence-electron chi connectivity index (χ0n) is 13.0. The first kappa shape index (κ1) is 14.5. The van der Waals surface area contributed by atoms with E-state index < -0.39 is 0 Å². The van der Waals surface area contributed by atoms with Crippen LogP contribution >= 0.6 is 11.8 Å². The van der Waals surface area contributed by atoms with Crippen LogP contribution in [0.2, 0.25) is 0 Å². The molecule has 0 saturated heterocycles. The van der Waals surface area contributed by atoms with Crippen LogP contribution in [-0.4, -0.2) is 18.3 Å². The summed E-state index contributed by atoms with van der Waals surface area (Å²) in [6.45, 7) is 4.84. The Balaban J connectivity index is 1.75. The van der Waals surface area contributed by atoms with Crippen molar-refractivity contribution in [1.82, 2.24) is 5.32 Å². The topological polar surface area (TPSA) is 12.0 Å². The quantitative estimate of drug-likeness (QED) is 0.891. The lowest BCUT2D eigenvalue weighted by atomic mass is 9.80. The van der Waals surface area contributed by atoms with E-state index in [1.807, 2.05) is 0 Å². The van der Waals surface area contributed by atoms with Crippen molar-refractivity contribution in [3.05, 3.63) is 29.3 Å². The van der Waals surface area contributed by atoms with Crippen molar-refractivity contribution in [1.29, 1.82) is 0 Å². The molecule has 110 valence electrons. The normalized spacial score (nSPS) is 33.1. The molecule has 3 rings (SSSR count). The van der Waals surface area contributed by atoms with Gasteiger partial charge in [-0.15, -0.1) is 11.8 Å². The van der Waals surface area contributed by atoms with Crippen molar-refractivity contribution in [2.45, 2.75) is 62.1 Å². The average molecular weight is 289 g/mol. The van der Waals surface area contributed by atoms with Gasteiger partial charge in [-0.1, -0.05) is 19.9 Å². The number of thioether (sulfide) groups is 1. The Morgan fingerprint density at radius 2 is 1.90 bits per heavy atom. The molecule has 0 radical (unpaired) electrons. The van der Waals surface area contributed by atoms with E-state index in [-0.39, 0.29) is 0 Å². The Morgan fingerprint density at radius 3 is 2.70 bits per heavy atom. The van der Waals surface area contributed by atoms with Crippen LogP contribution in [0.3, 0.4) is 0 Å². The predicted molar refractivity (Wildman–Crippen MR) is 88.5 cm³/mol. The van der Waals surface area contributed by atoms with Crippen LogP contribution in [0.5, 0.6) is 0 Å². The van der Waals surface area contributed by atoms with Gasteiger partial charge in [0.2, 0.25) is 0 Å². The lowest BCUT2D eigenvalue weighted by molar-refractivity contribution is 0.257. The number of hydrogen-bond acceptors (Lipinski definition) is 2. The molecule has 1 aromatic rings. The van der Waals surface area contributed by atoms with Crippen LogP contribution < -0.4 is 5.32 Å². The van der Waals surface area contributed by atoms with Gasteiger partial charge in [-0.25, -0.2) is 0 Å². The van der Waals surface area contributed by atoms with E-state index in [4.69, 9.17) is 0 Å². The summed E-state index contributed by atoms with van der Waals surface area (Å²) in [7, 11) is 2.13. The fourth-order valence-electron chi connectivity index (χ4n) is 4.09. The molecule has 1 nitrogen and oxygen atoms in total. The third-order valence-corrected chi connectivity index (χ3v) is 6.69. The molecule has 0 amide bonds. The highest BCUT2D eigenvalue weighted by molar-refractivity contribution is 8.00. The molecule has 4 atom stereocenters. The molecule has 1 fully saturated rings. The lowest BCUT2D eigenvalue weighted by Gasteiger charge is -2.39. The van der Waals surface area contributed by atoms with Crippen LogP contribution in [0.15, 0.2) is 23.1 Å². The van der Waals surface area contributed by atoms with Crippen molar-refractivity contribution in [3.8, 4) is 0 Å². The summed E-state index contributed by atoms with van der Waals surface area (Å²) in [5.41, 5.74) is 3.19. The highest BCUT2D eigenvalue weighted by Crippen LogP contribution is 2.40. The van der Waals surface area contributed by atoms with Gasteiger partial charge in [-0.05, 0) is 74.2 Å². The predicted octanol–water partition coefficient (Wildman–Crippen LogP) is 4.29. The Hall–Kier alpha value is -0.470. The van der Waals surface area contributed by atoms with E-state index in [1.165, 1.54) is 37.0 Å². The van der Waals surface area contributed by atoms with Crippen LogP contribution in [0.1, 0.15) is 44.2 Å². The Bertz CT molecular complexity index is 470. The number of nitrogens with one attached hydrogen (secondary N) is 1. The maximum atomic E-state index is 3.57. The number of benzene rings is 1. The van der Waals surface area contributed by atoms with Crippen molar-refractivity contribution >= 4 is 11.8 Å². The molecule has 20 heavy (non-hydrogen) atoms. The van der Waals surface area contributed by atoms with E-state index in [0.717, 1.165) is 17.1 Å². The highest BCUT2D eigenvalue weighted by Gasteiger charge is 2.33. The van der Waals surface area contributed by atoms with Crippen LogP contribution in [0.25, 0.3) is 0 Å². The number of aryl methyl sites for hydroxylation is 2. The minimum absolute atomic E-state index is 0.659. The fourth-order valence-corrected chi connectivity index (χ4v) is 5.51. The first-order chi connectivity index (χ1) is 9.67. The lowest BCUT2D eigenvalue weighted by Crippen LogP contribution is -2.44. The molecule has 0 aliphatic heterocycles. The highest BCUT2D eigenvalue weighted by atomic mass is 32.2. The Labute approximate surface area is 127 Å². The molecule has 0 heterocycles. The fraction of sp³-hybridized carbons (Fsp3) is 0.667.